The van der Waals surface area contributed by atoms with Gasteiger partial charge in [-0.15, -0.1) is 0 Å². The van der Waals surface area contributed by atoms with Crippen molar-refractivity contribution in [2.75, 3.05) is 0 Å². The quantitative estimate of drug-likeness (QED) is 0.411. The first-order valence-corrected chi connectivity index (χ1v) is 10.9. The Morgan fingerprint density at radius 3 is 2.44 bits per heavy atom. The maximum atomic E-state index is 13.9. The lowest BCUT2D eigenvalue weighted by atomic mass is 9.84. The molecule has 0 unspecified atom stereocenters. The summed E-state index contributed by atoms with van der Waals surface area (Å²) >= 11 is 6.30. The van der Waals surface area contributed by atoms with E-state index in [1.54, 1.807) is 25.1 Å². The van der Waals surface area contributed by atoms with Crippen LogP contribution in [0.25, 0.3) is 22.8 Å². The molecule has 2 aromatic carbocycles. The number of benzene rings is 2. The molecule has 0 aliphatic rings. The van der Waals surface area contributed by atoms with Gasteiger partial charge < -0.3 is 0 Å². The van der Waals surface area contributed by atoms with Gasteiger partial charge in [-0.1, -0.05) is 24.6 Å². The Morgan fingerprint density at radius 1 is 1.09 bits per heavy atom. The Morgan fingerprint density at radius 2 is 1.79 bits per heavy atom. The first kappa shape index (κ1) is 25.6. The zero-order valence-corrected chi connectivity index (χ0v) is 19.4. The van der Waals surface area contributed by atoms with E-state index < -0.39 is 23.1 Å². The number of hydrogen-bond donors (Lipinski definition) is 1. The fourth-order valence-corrected chi connectivity index (χ4v) is 3.47. The number of halogens is 5. The van der Waals surface area contributed by atoms with Crippen LogP contribution >= 0.6 is 11.6 Å². The molecule has 180 valence electrons. The van der Waals surface area contributed by atoms with Crippen LogP contribution in [0, 0.1) is 11.2 Å². The van der Waals surface area contributed by atoms with Crippen LogP contribution in [0.1, 0.15) is 38.3 Å². The molecular formula is C24H22ClF4N3O2. The van der Waals surface area contributed by atoms with Crippen LogP contribution in [0.5, 0.6) is 0 Å². The highest BCUT2D eigenvalue weighted by Crippen LogP contribution is 2.39. The van der Waals surface area contributed by atoms with Crippen LogP contribution in [0.4, 0.5) is 17.6 Å². The maximum absolute atomic E-state index is 13.9. The molecule has 0 fully saturated rings. The van der Waals surface area contributed by atoms with Crippen molar-refractivity contribution in [1.29, 1.82) is 0 Å². The smallest absolute Gasteiger partial charge is 0.299 e. The van der Waals surface area contributed by atoms with E-state index in [0.29, 0.717) is 28.7 Å². The number of carbonyl (C=O) groups is 1. The van der Waals surface area contributed by atoms with E-state index in [1.165, 1.54) is 18.2 Å². The number of nitrogens with zero attached hydrogens (tertiary/aromatic N) is 2. The third kappa shape index (κ3) is 5.35. The molecule has 1 aromatic heterocycles. The Hall–Kier alpha value is -3.07. The largest absolute Gasteiger partial charge is 0.400 e. The molecule has 3 rings (SSSR count). The molecule has 0 radical (unpaired) electrons. The summed E-state index contributed by atoms with van der Waals surface area (Å²) in [5.74, 6) is -1.16. The van der Waals surface area contributed by atoms with Crippen molar-refractivity contribution >= 4 is 17.4 Å². The number of carbonyl (C=O) groups excluding carboxylic acids is 1. The Bertz CT molecular complexity index is 1290. The number of ketones is 1. The number of nitrogens with one attached hydrogen (secondary N) is 1. The average Bonchev–Trinajstić information content (AvgIpc) is 2.77. The number of aromatic nitrogens is 3. The summed E-state index contributed by atoms with van der Waals surface area (Å²) in [4.78, 5) is 35.1. The number of alkyl halides is 3. The van der Waals surface area contributed by atoms with Gasteiger partial charge in [0.1, 0.15) is 22.8 Å². The summed E-state index contributed by atoms with van der Waals surface area (Å²) in [5.41, 5.74) is -1.41. The van der Waals surface area contributed by atoms with Gasteiger partial charge in [-0.05, 0) is 68.1 Å². The summed E-state index contributed by atoms with van der Waals surface area (Å²) in [7, 11) is 0. The molecule has 10 heteroatoms. The predicted octanol–water partition coefficient (Wildman–Crippen LogP) is 5.94. The molecule has 0 saturated heterocycles. The van der Waals surface area contributed by atoms with Crippen LogP contribution in [0.2, 0.25) is 5.02 Å². The predicted molar refractivity (Wildman–Crippen MR) is 121 cm³/mol. The summed E-state index contributed by atoms with van der Waals surface area (Å²) in [5, 5.41) is 0.236. The molecule has 0 atom stereocenters. The molecule has 0 saturated carbocycles. The molecular weight excluding hydrogens is 474 g/mol. The van der Waals surface area contributed by atoms with E-state index in [-0.39, 0.29) is 35.3 Å². The van der Waals surface area contributed by atoms with Gasteiger partial charge in [0.15, 0.2) is 5.82 Å². The van der Waals surface area contributed by atoms with Gasteiger partial charge >= 0.3 is 11.9 Å². The number of Topliss-reactive ketones (excluding diaryl/α,β-unsaturated/α-hetero) is 1. The molecule has 34 heavy (non-hydrogen) atoms. The fourth-order valence-electron chi connectivity index (χ4n) is 3.26. The summed E-state index contributed by atoms with van der Waals surface area (Å²) in [6, 6.07) is 8.94. The van der Waals surface area contributed by atoms with E-state index >= 15 is 0 Å². The highest BCUT2D eigenvalue weighted by atomic mass is 35.5. The first-order valence-electron chi connectivity index (χ1n) is 10.5. The van der Waals surface area contributed by atoms with E-state index in [0.717, 1.165) is 13.8 Å². The number of aryl methyl sites for hydroxylation is 2. The monoisotopic (exact) mass is 495 g/mol. The van der Waals surface area contributed by atoms with Crippen LogP contribution in [-0.2, 0) is 17.6 Å². The van der Waals surface area contributed by atoms with Crippen LogP contribution in [-0.4, -0.2) is 26.9 Å². The maximum Gasteiger partial charge on any atom is 0.400 e. The standard InChI is InChI=1S/C24H22ClF4N3O2/c1-4-14-12-15(7-9-18(14)26)20-30-21(32-22(34)31-20)16-11-13(5-8-17(16)25)6-10-19(33)23(2,3)24(27,28)29/h5,7-9,11-12H,4,6,10H2,1-3H3,(H,30,31,32,34). The number of hydrogen-bond acceptors (Lipinski definition) is 4. The minimum atomic E-state index is -4.65. The zero-order chi connectivity index (χ0) is 25.3. The van der Waals surface area contributed by atoms with Gasteiger partial charge in [0.05, 0.1) is 5.02 Å². The lowest BCUT2D eigenvalue weighted by molar-refractivity contribution is -0.210. The van der Waals surface area contributed by atoms with Gasteiger partial charge in [-0.3, -0.25) is 9.78 Å². The van der Waals surface area contributed by atoms with Gasteiger partial charge in [0.25, 0.3) is 0 Å². The number of aromatic amines is 1. The summed E-state index contributed by atoms with van der Waals surface area (Å²) in [6.07, 6.45) is -4.49. The van der Waals surface area contributed by atoms with Crippen molar-refractivity contribution in [1.82, 2.24) is 15.0 Å². The minimum Gasteiger partial charge on any atom is -0.299 e. The average molecular weight is 496 g/mol. The van der Waals surface area contributed by atoms with Gasteiger partial charge in [-0.25, -0.2) is 14.2 Å². The van der Waals surface area contributed by atoms with Crippen molar-refractivity contribution in [2.45, 2.75) is 46.2 Å². The van der Waals surface area contributed by atoms with Crippen molar-refractivity contribution < 1.29 is 22.4 Å². The fraction of sp³-hybridized carbons (Fsp3) is 0.333. The SMILES string of the molecule is CCc1cc(-c2nc(-c3cc(CCC(=O)C(C)(C)C(F)(F)F)ccc3Cl)[nH]c(=O)n2)ccc1F. The molecule has 5 nitrogen and oxygen atoms in total. The van der Waals surface area contributed by atoms with Gasteiger partial charge in [0, 0.05) is 17.5 Å². The Kier molecular flexibility index (Phi) is 7.26. The van der Waals surface area contributed by atoms with Crippen LogP contribution in [0.3, 0.4) is 0 Å². The van der Waals surface area contributed by atoms with Gasteiger partial charge in [0.2, 0.25) is 0 Å². The minimum absolute atomic E-state index is 0.0442. The second-order valence-electron chi connectivity index (χ2n) is 8.35. The molecule has 0 amide bonds. The zero-order valence-electron chi connectivity index (χ0n) is 18.7. The van der Waals surface area contributed by atoms with E-state index in [1.807, 2.05) is 0 Å². The van der Waals surface area contributed by atoms with Crippen molar-refractivity contribution in [3.63, 3.8) is 0 Å². The lowest BCUT2D eigenvalue weighted by Crippen LogP contribution is -2.39. The second kappa shape index (κ2) is 9.66. The van der Waals surface area contributed by atoms with E-state index in [4.69, 9.17) is 11.6 Å². The molecule has 1 heterocycles. The highest BCUT2D eigenvalue weighted by Gasteiger charge is 2.51. The molecule has 1 N–H and O–H groups in total. The third-order valence-corrected chi connectivity index (χ3v) is 6.00. The van der Waals surface area contributed by atoms with E-state index in [2.05, 4.69) is 15.0 Å². The Labute approximate surface area is 198 Å². The summed E-state index contributed by atoms with van der Waals surface area (Å²) < 4.78 is 53.2. The Balaban J connectivity index is 1.93. The van der Waals surface area contributed by atoms with E-state index in [9.17, 15) is 27.2 Å². The topological polar surface area (TPSA) is 75.7 Å². The lowest BCUT2D eigenvalue weighted by Gasteiger charge is -2.26. The van der Waals surface area contributed by atoms with Crippen molar-refractivity contribution in [3.8, 4) is 22.8 Å². The third-order valence-electron chi connectivity index (χ3n) is 5.67. The summed E-state index contributed by atoms with van der Waals surface area (Å²) in [6.45, 7) is 3.50. The molecule has 0 aliphatic carbocycles. The molecule has 0 bridgehead atoms. The first-order chi connectivity index (χ1) is 15.8. The molecule has 0 aliphatic heterocycles. The molecule has 3 aromatic rings. The number of H-pyrrole nitrogens is 1. The molecule has 0 spiro atoms. The normalized spacial score (nSPS) is 12.1. The second-order valence-corrected chi connectivity index (χ2v) is 8.75. The van der Waals surface area contributed by atoms with Crippen LogP contribution in [0.15, 0.2) is 41.2 Å². The highest BCUT2D eigenvalue weighted by molar-refractivity contribution is 6.33. The number of rotatable bonds is 7. The van der Waals surface area contributed by atoms with Crippen molar-refractivity contribution in [3.05, 3.63) is 68.8 Å². The van der Waals surface area contributed by atoms with Crippen LogP contribution < -0.4 is 5.69 Å². The van der Waals surface area contributed by atoms with Gasteiger partial charge in [-0.2, -0.15) is 18.2 Å². The van der Waals surface area contributed by atoms with Crippen molar-refractivity contribution in [2.24, 2.45) is 5.41 Å².